The van der Waals surface area contributed by atoms with Crippen molar-refractivity contribution >= 4 is 47.2 Å². The number of aliphatic hydroxyl groups excluding tert-OH is 2. The van der Waals surface area contributed by atoms with Crippen molar-refractivity contribution in [3.8, 4) is 5.75 Å². The summed E-state index contributed by atoms with van der Waals surface area (Å²) in [4.78, 5) is 52.9. The van der Waals surface area contributed by atoms with E-state index >= 15 is 4.39 Å². The molecule has 2 amide bonds. The molecule has 0 bridgehead atoms. The van der Waals surface area contributed by atoms with Crippen LogP contribution in [0.3, 0.4) is 0 Å². The second kappa shape index (κ2) is 9.98. The van der Waals surface area contributed by atoms with E-state index in [1.807, 2.05) is 0 Å². The van der Waals surface area contributed by atoms with E-state index in [1.165, 1.54) is 25.1 Å². The number of carbonyl (C=O) groups excluding carboxylic acids is 4. The number of nitrogens with one attached hydrogen (secondary N) is 1. The van der Waals surface area contributed by atoms with E-state index in [4.69, 9.17) is 10.3 Å². The summed E-state index contributed by atoms with van der Waals surface area (Å²) in [5.41, 5.74) is -0.188. The van der Waals surface area contributed by atoms with Crippen molar-refractivity contribution < 1.29 is 48.5 Å². The molecule has 218 valence electrons. The number of rotatable bonds is 4. The number of phenols is 1. The predicted molar refractivity (Wildman–Crippen MR) is 141 cm³/mol. The van der Waals surface area contributed by atoms with Gasteiger partial charge in [0.25, 0.3) is 11.8 Å². The number of Topliss-reactive ketones (excluding diaryl/α,β-unsaturated/α-hetero) is 2. The number of aliphatic hydroxyl groups is 3. The Morgan fingerprint density at radius 3 is 2.44 bits per heavy atom. The van der Waals surface area contributed by atoms with Crippen LogP contribution >= 0.6 is 12.4 Å². The number of phenolic OH excluding ortho intramolecular Hbond substituents is 1. The van der Waals surface area contributed by atoms with E-state index in [2.05, 4.69) is 10.5 Å². The lowest BCUT2D eigenvalue weighted by molar-refractivity contribution is -0.153. The molecule has 13 nitrogen and oxygen atoms in total. The Kier molecular flexibility index (Phi) is 7.23. The van der Waals surface area contributed by atoms with Crippen molar-refractivity contribution in [3.63, 3.8) is 0 Å². The fourth-order valence-corrected chi connectivity index (χ4v) is 6.02. The Morgan fingerprint density at radius 2 is 1.88 bits per heavy atom. The highest BCUT2D eigenvalue weighted by atomic mass is 35.5. The van der Waals surface area contributed by atoms with Gasteiger partial charge in [-0.25, -0.2) is 4.39 Å². The zero-order valence-corrected chi connectivity index (χ0v) is 22.7. The molecule has 0 unspecified atom stereocenters. The molecule has 7 N–H and O–H groups in total. The number of carbonyl (C=O) groups is 4. The first-order chi connectivity index (χ1) is 18.7. The Bertz CT molecular complexity index is 1600. The van der Waals surface area contributed by atoms with Crippen molar-refractivity contribution in [2.75, 3.05) is 19.4 Å². The number of nitrogens with two attached hydrogens (primary N) is 1. The number of likely N-dealkylation sites (N-methyl/N-ethyl adjacent to an activating group) is 1. The number of fused-ring (bicyclic) bond motifs is 3. The highest BCUT2D eigenvalue weighted by Gasteiger charge is 2.64. The number of nitrogens with zero attached hydrogens (tertiary/aromatic N) is 2. The van der Waals surface area contributed by atoms with Gasteiger partial charge >= 0.3 is 0 Å². The molecule has 1 saturated carbocycles. The second-order valence-electron chi connectivity index (χ2n) is 10.3. The van der Waals surface area contributed by atoms with Gasteiger partial charge in [-0.3, -0.25) is 24.1 Å². The molecule has 5 rings (SSSR count). The van der Waals surface area contributed by atoms with Crippen LogP contribution in [0.25, 0.3) is 5.76 Å². The molecule has 0 spiro atoms. The number of hydrogen-bond donors (Lipinski definition) is 6. The van der Waals surface area contributed by atoms with Gasteiger partial charge in [-0.2, -0.15) is 0 Å². The summed E-state index contributed by atoms with van der Waals surface area (Å²) in [7, 11) is 2.95. The zero-order valence-electron chi connectivity index (χ0n) is 21.9. The summed E-state index contributed by atoms with van der Waals surface area (Å²) >= 11 is 0. The van der Waals surface area contributed by atoms with Crippen molar-refractivity contribution in [2.24, 2.45) is 17.6 Å². The molecular formula is C26H26ClFN4O9. The lowest BCUT2D eigenvalue weighted by Crippen LogP contribution is -2.65. The second-order valence-corrected chi connectivity index (χ2v) is 10.3. The van der Waals surface area contributed by atoms with E-state index in [-0.39, 0.29) is 36.5 Å². The third kappa shape index (κ3) is 4.17. The topological polar surface area (TPSA) is 217 Å². The van der Waals surface area contributed by atoms with Crippen LogP contribution in [0.5, 0.6) is 5.75 Å². The van der Waals surface area contributed by atoms with Gasteiger partial charge in [0.05, 0.1) is 17.3 Å². The summed E-state index contributed by atoms with van der Waals surface area (Å²) in [5.74, 6) is -10.0. The maximum atomic E-state index is 15.3. The first-order valence-electron chi connectivity index (χ1n) is 12.1. The van der Waals surface area contributed by atoms with Gasteiger partial charge in [0.2, 0.25) is 5.78 Å². The molecule has 0 aliphatic heterocycles. The van der Waals surface area contributed by atoms with Gasteiger partial charge in [0.15, 0.2) is 22.8 Å². The number of ketones is 2. The molecule has 0 saturated heterocycles. The number of aryl methyl sites for hydroxylation is 1. The molecule has 3 aliphatic carbocycles. The van der Waals surface area contributed by atoms with Crippen LogP contribution in [0, 0.1) is 24.6 Å². The van der Waals surface area contributed by atoms with Crippen LogP contribution in [0.15, 0.2) is 33.6 Å². The summed E-state index contributed by atoms with van der Waals surface area (Å²) in [6, 6.07) is 0.895. The fourth-order valence-electron chi connectivity index (χ4n) is 6.02. The number of benzene rings is 1. The van der Waals surface area contributed by atoms with Gasteiger partial charge in [0, 0.05) is 29.2 Å². The van der Waals surface area contributed by atoms with Crippen LogP contribution < -0.4 is 11.1 Å². The Labute approximate surface area is 237 Å². The number of anilines is 1. The van der Waals surface area contributed by atoms with E-state index in [9.17, 15) is 39.6 Å². The van der Waals surface area contributed by atoms with Gasteiger partial charge in [-0.15, -0.1) is 12.4 Å². The Hall–Kier alpha value is -4.27. The molecule has 1 fully saturated rings. The number of hydrogen-bond acceptors (Lipinski definition) is 11. The Balaban J connectivity index is 0.00000387. The van der Waals surface area contributed by atoms with Crippen LogP contribution in [-0.4, -0.2) is 79.6 Å². The maximum Gasteiger partial charge on any atom is 0.277 e. The quantitative estimate of drug-likeness (QED) is 0.218. The molecule has 41 heavy (non-hydrogen) atoms. The van der Waals surface area contributed by atoms with Crippen LogP contribution in [-0.2, 0) is 20.8 Å². The number of primary amides is 1. The lowest BCUT2D eigenvalue weighted by atomic mass is 9.57. The van der Waals surface area contributed by atoms with E-state index < -0.39 is 92.3 Å². The molecule has 3 aliphatic rings. The lowest BCUT2D eigenvalue weighted by Gasteiger charge is -2.50. The minimum atomic E-state index is -2.82. The normalized spacial score (nSPS) is 25.4. The predicted octanol–water partition coefficient (Wildman–Crippen LogP) is 1.07. The molecule has 1 aromatic heterocycles. The largest absolute Gasteiger partial charge is 0.508 e. The first kappa shape index (κ1) is 29.7. The van der Waals surface area contributed by atoms with Crippen LogP contribution in [0.1, 0.15) is 33.8 Å². The average Bonchev–Trinajstić information content (AvgIpc) is 3.30. The molecule has 1 heterocycles. The van der Waals surface area contributed by atoms with Crippen molar-refractivity contribution in [1.82, 2.24) is 10.1 Å². The number of aromatic hydroxyl groups is 1. The molecule has 4 atom stereocenters. The fraction of sp³-hybridized carbons (Fsp3) is 0.346. The Morgan fingerprint density at radius 1 is 1.22 bits per heavy atom. The van der Waals surface area contributed by atoms with Gasteiger partial charge in [-0.1, -0.05) is 5.16 Å². The summed E-state index contributed by atoms with van der Waals surface area (Å²) in [6.45, 7) is 1.54. The van der Waals surface area contributed by atoms with Crippen LogP contribution in [0.4, 0.5) is 10.1 Å². The number of halogens is 2. The van der Waals surface area contributed by atoms with Gasteiger partial charge < -0.3 is 36.0 Å². The summed E-state index contributed by atoms with van der Waals surface area (Å²) in [5, 5.41) is 50.5. The summed E-state index contributed by atoms with van der Waals surface area (Å²) < 4.78 is 20.2. The highest BCUT2D eigenvalue weighted by molar-refractivity contribution is 6.24. The molecular weight excluding hydrogens is 567 g/mol. The van der Waals surface area contributed by atoms with Crippen molar-refractivity contribution in [1.29, 1.82) is 0 Å². The first-order valence-corrected chi connectivity index (χ1v) is 12.1. The van der Waals surface area contributed by atoms with Crippen molar-refractivity contribution in [3.05, 3.63) is 57.4 Å². The number of amides is 2. The SMILES string of the molecule is Cc1cc(C(=O)Nc2cc(F)c3c(c2O)C(O)=C2C(=O)[C@]4(O)C(O)=C(C(N)=O)C(=O)[C@@H](N(C)C)[C@@H]4C[C@@H]2C3)no1.Cl. The van der Waals surface area contributed by atoms with Gasteiger partial charge in [-0.05, 0) is 39.8 Å². The van der Waals surface area contributed by atoms with E-state index in [0.717, 1.165) is 6.07 Å². The average molecular weight is 593 g/mol. The van der Waals surface area contributed by atoms with E-state index in [1.54, 1.807) is 6.92 Å². The highest BCUT2D eigenvalue weighted by Crippen LogP contribution is 2.53. The van der Waals surface area contributed by atoms with Gasteiger partial charge in [0.1, 0.15) is 28.7 Å². The third-order valence-corrected chi connectivity index (χ3v) is 7.78. The molecule has 0 radical (unpaired) electrons. The summed E-state index contributed by atoms with van der Waals surface area (Å²) in [6.07, 6.45) is -0.416. The molecule has 2 aromatic rings. The standard InChI is InChI=1S/C26H25FN4O9.ClH/c1-8-4-14(30-40-8)25(38)29-13-7-12(27)10-5-9-6-11-18(31(2)3)21(34)17(24(28)37)23(36)26(11,39)22(35)15(9)20(33)16(10)19(13)32;/h4,7,9,11,18,32-33,36,39H,5-6H2,1-3H3,(H2,28,37)(H,29,38);1H/t9-,11-,18-,26-;/m0./s1. The smallest absolute Gasteiger partial charge is 0.277 e. The minimum Gasteiger partial charge on any atom is -0.508 e. The number of aromatic nitrogens is 1. The maximum absolute atomic E-state index is 15.3. The minimum absolute atomic E-state index is 0. The monoisotopic (exact) mass is 592 g/mol. The third-order valence-electron chi connectivity index (χ3n) is 7.78. The molecule has 1 aromatic carbocycles. The zero-order chi connectivity index (χ0) is 29.4. The molecule has 15 heteroatoms. The van der Waals surface area contributed by atoms with Crippen LogP contribution in [0.2, 0.25) is 0 Å². The van der Waals surface area contributed by atoms with Crippen molar-refractivity contribution in [2.45, 2.75) is 31.4 Å². The van der Waals surface area contributed by atoms with E-state index in [0.29, 0.717) is 5.76 Å².